The Morgan fingerprint density at radius 2 is 1.90 bits per heavy atom. The molecule has 0 aliphatic rings. The monoisotopic (exact) mass is 323 g/mol. The predicted octanol–water partition coefficient (Wildman–Crippen LogP) is -1.93. The normalized spacial score (nSPS) is 13.4. The van der Waals surface area contributed by atoms with E-state index in [1.165, 1.54) is 0 Å². The SMILES string of the molecule is NCCOCCNC(=O)C(CC(=O)O)SC[C@H](N)C(=O)O. The second-order valence-electron chi connectivity index (χ2n) is 4.06. The number of nitrogens with one attached hydrogen (secondary N) is 1. The molecule has 21 heavy (non-hydrogen) atoms. The molecule has 0 rings (SSSR count). The van der Waals surface area contributed by atoms with Gasteiger partial charge in [-0.1, -0.05) is 0 Å². The molecule has 0 saturated carbocycles. The highest BCUT2D eigenvalue weighted by atomic mass is 32.2. The molecule has 1 unspecified atom stereocenters. The average molecular weight is 323 g/mol. The van der Waals surface area contributed by atoms with Crippen LogP contribution in [-0.2, 0) is 19.1 Å². The molecule has 122 valence electrons. The lowest BCUT2D eigenvalue weighted by atomic mass is 10.3. The number of ether oxygens (including phenoxy) is 1. The van der Waals surface area contributed by atoms with Crippen LogP contribution in [-0.4, -0.2) is 71.4 Å². The zero-order valence-corrected chi connectivity index (χ0v) is 12.3. The number of hydrogen-bond donors (Lipinski definition) is 5. The first kappa shape index (κ1) is 19.6. The zero-order chi connectivity index (χ0) is 16.3. The van der Waals surface area contributed by atoms with Crippen molar-refractivity contribution in [1.29, 1.82) is 0 Å². The van der Waals surface area contributed by atoms with Crippen LogP contribution in [0.5, 0.6) is 0 Å². The van der Waals surface area contributed by atoms with Crippen LogP contribution in [0, 0.1) is 0 Å². The number of hydrogen-bond acceptors (Lipinski definition) is 7. The third kappa shape index (κ3) is 10.1. The Balaban J connectivity index is 4.22. The summed E-state index contributed by atoms with van der Waals surface area (Å²) in [5.41, 5.74) is 10.5. The van der Waals surface area contributed by atoms with Crippen molar-refractivity contribution in [2.24, 2.45) is 11.5 Å². The summed E-state index contributed by atoms with van der Waals surface area (Å²) in [5, 5.41) is 19.0. The number of carboxylic acids is 2. The highest BCUT2D eigenvalue weighted by Crippen LogP contribution is 2.16. The maximum atomic E-state index is 11.8. The number of carboxylic acid groups (broad SMARTS) is 2. The summed E-state index contributed by atoms with van der Waals surface area (Å²) >= 11 is 0.903. The summed E-state index contributed by atoms with van der Waals surface area (Å²) in [6.45, 7) is 1.23. The van der Waals surface area contributed by atoms with Gasteiger partial charge in [0.2, 0.25) is 5.91 Å². The quantitative estimate of drug-likeness (QED) is 0.257. The molecular weight excluding hydrogens is 302 g/mol. The molecule has 2 atom stereocenters. The van der Waals surface area contributed by atoms with Gasteiger partial charge in [0, 0.05) is 18.8 Å². The first-order valence-corrected chi connectivity index (χ1v) is 7.30. The van der Waals surface area contributed by atoms with Crippen molar-refractivity contribution in [2.45, 2.75) is 17.7 Å². The highest BCUT2D eigenvalue weighted by Gasteiger charge is 2.24. The molecule has 0 radical (unpaired) electrons. The van der Waals surface area contributed by atoms with Crippen LogP contribution in [0.4, 0.5) is 0 Å². The second kappa shape index (κ2) is 11.3. The molecule has 0 aliphatic carbocycles. The molecule has 0 aliphatic heterocycles. The standard InChI is InChI=1S/C11H21N3O6S/c12-1-3-20-4-2-14-10(17)8(5-9(15)16)21-6-7(13)11(18)19/h7-8H,1-6,12-13H2,(H,14,17)(H,15,16)(H,18,19)/t7-,8?/m0/s1. The van der Waals surface area contributed by atoms with Crippen molar-refractivity contribution in [1.82, 2.24) is 5.32 Å². The third-order valence-electron chi connectivity index (χ3n) is 2.25. The van der Waals surface area contributed by atoms with Crippen molar-refractivity contribution < 1.29 is 29.3 Å². The van der Waals surface area contributed by atoms with E-state index in [4.69, 9.17) is 26.4 Å². The molecule has 0 spiro atoms. The van der Waals surface area contributed by atoms with E-state index in [-0.39, 0.29) is 18.9 Å². The Hall–Kier alpha value is -1.36. The number of thioether (sulfide) groups is 1. The first-order valence-electron chi connectivity index (χ1n) is 6.25. The molecular formula is C11H21N3O6S. The molecule has 0 fully saturated rings. The van der Waals surface area contributed by atoms with Gasteiger partial charge in [-0.05, 0) is 0 Å². The Morgan fingerprint density at radius 1 is 1.24 bits per heavy atom. The van der Waals surface area contributed by atoms with Gasteiger partial charge in [-0.15, -0.1) is 11.8 Å². The summed E-state index contributed by atoms with van der Waals surface area (Å²) in [6, 6.07) is -1.15. The van der Waals surface area contributed by atoms with Crippen LogP contribution in [0.2, 0.25) is 0 Å². The molecule has 10 heteroatoms. The van der Waals surface area contributed by atoms with Gasteiger partial charge < -0.3 is 31.7 Å². The van der Waals surface area contributed by atoms with Gasteiger partial charge in [0.25, 0.3) is 0 Å². The van der Waals surface area contributed by atoms with Crippen LogP contribution >= 0.6 is 11.8 Å². The topological polar surface area (TPSA) is 165 Å². The van der Waals surface area contributed by atoms with E-state index in [1.54, 1.807) is 0 Å². The minimum Gasteiger partial charge on any atom is -0.481 e. The molecule has 0 aromatic heterocycles. The number of aliphatic carboxylic acids is 2. The number of amides is 1. The fourth-order valence-electron chi connectivity index (χ4n) is 1.22. The minimum absolute atomic E-state index is 0.0512. The van der Waals surface area contributed by atoms with E-state index >= 15 is 0 Å². The molecule has 1 amide bonds. The second-order valence-corrected chi connectivity index (χ2v) is 5.29. The number of rotatable bonds is 12. The van der Waals surface area contributed by atoms with Crippen LogP contribution in [0.25, 0.3) is 0 Å². The summed E-state index contributed by atoms with van der Waals surface area (Å²) in [6.07, 6.45) is -0.410. The van der Waals surface area contributed by atoms with E-state index in [2.05, 4.69) is 5.32 Å². The molecule has 0 heterocycles. The van der Waals surface area contributed by atoms with Crippen LogP contribution < -0.4 is 16.8 Å². The lowest BCUT2D eigenvalue weighted by Crippen LogP contribution is -2.39. The molecule has 0 aromatic rings. The summed E-state index contributed by atoms with van der Waals surface area (Å²) in [4.78, 5) is 33.2. The van der Waals surface area contributed by atoms with Gasteiger partial charge in [0.15, 0.2) is 0 Å². The maximum Gasteiger partial charge on any atom is 0.321 e. The van der Waals surface area contributed by atoms with Crippen molar-refractivity contribution in [2.75, 3.05) is 32.1 Å². The van der Waals surface area contributed by atoms with Crippen molar-refractivity contribution in [3.63, 3.8) is 0 Å². The Kier molecular flexibility index (Phi) is 10.6. The molecule has 0 bridgehead atoms. The van der Waals surface area contributed by atoms with Gasteiger partial charge in [-0.25, -0.2) is 0 Å². The van der Waals surface area contributed by atoms with Crippen molar-refractivity contribution in [3.8, 4) is 0 Å². The zero-order valence-electron chi connectivity index (χ0n) is 11.5. The molecule has 7 N–H and O–H groups in total. The lowest BCUT2D eigenvalue weighted by Gasteiger charge is -2.16. The van der Waals surface area contributed by atoms with Crippen LogP contribution in [0.1, 0.15) is 6.42 Å². The molecule has 0 saturated heterocycles. The largest absolute Gasteiger partial charge is 0.481 e. The number of carbonyl (C=O) groups is 3. The van der Waals surface area contributed by atoms with E-state index in [9.17, 15) is 14.4 Å². The highest BCUT2D eigenvalue weighted by molar-refractivity contribution is 8.00. The van der Waals surface area contributed by atoms with Gasteiger partial charge in [0.05, 0.1) is 24.9 Å². The van der Waals surface area contributed by atoms with Gasteiger partial charge >= 0.3 is 11.9 Å². The lowest BCUT2D eigenvalue weighted by molar-refractivity contribution is -0.138. The van der Waals surface area contributed by atoms with Crippen molar-refractivity contribution in [3.05, 3.63) is 0 Å². The van der Waals surface area contributed by atoms with Gasteiger partial charge in [-0.3, -0.25) is 14.4 Å². The van der Waals surface area contributed by atoms with E-state index in [0.717, 1.165) is 11.8 Å². The predicted molar refractivity (Wildman–Crippen MR) is 77.0 cm³/mol. The molecule has 9 nitrogen and oxygen atoms in total. The van der Waals surface area contributed by atoms with Crippen LogP contribution in [0.3, 0.4) is 0 Å². The smallest absolute Gasteiger partial charge is 0.321 e. The number of nitrogens with two attached hydrogens (primary N) is 2. The van der Waals surface area contributed by atoms with Crippen molar-refractivity contribution >= 4 is 29.6 Å². The fourth-order valence-corrected chi connectivity index (χ4v) is 2.30. The Bertz CT molecular complexity index is 355. The summed E-state index contributed by atoms with van der Waals surface area (Å²) in [5.74, 6) is -2.89. The Morgan fingerprint density at radius 3 is 2.43 bits per heavy atom. The van der Waals surface area contributed by atoms with Gasteiger partial charge in [0.1, 0.15) is 6.04 Å². The number of carbonyl (C=O) groups excluding carboxylic acids is 1. The van der Waals surface area contributed by atoms with Crippen LogP contribution in [0.15, 0.2) is 0 Å². The van der Waals surface area contributed by atoms with E-state index < -0.39 is 35.6 Å². The van der Waals surface area contributed by atoms with E-state index in [0.29, 0.717) is 13.2 Å². The summed E-state index contributed by atoms with van der Waals surface area (Å²) in [7, 11) is 0. The van der Waals surface area contributed by atoms with E-state index in [1.807, 2.05) is 0 Å². The first-order chi connectivity index (χ1) is 9.88. The third-order valence-corrected chi connectivity index (χ3v) is 3.59. The fraction of sp³-hybridized carbons (Fsp3) is 0.727. The van der Waals surface area contributed by atoms with Gasteiger partial charge in [-0.2, -0.15) is 0 Å². The maximum absolute atomic E-state index is 11.8. The average Bonchev–Trinajstić information content (AvgIpc) is 2.41. The summed E-state index contributed by atoms with van der Waals surface area (Å²) < 4.78 is 5.06. The molecule has 0 aromatic carbocycles. The Labute approximate surface area is 126 Å². The minimum atomic E-state index is -1.20.